The number of aromatic amines is 1. The molecule has 1 aliphatic rings. The Balaban J connectivity index is 1.63. The Bertz CT molecular complexity index is 1210. The molecule has 2 aromatic heterocycles. The predicted molar refractivity (Wildman–Crippen MR) is 108 cm³/mol. The summed E-state index contributed by atoms with van der Waals surface area (Å²) in [7, 11) is 0. The van der Waals surface area contributed by atoms with Gasteiger partial charge in [0, 0.05) is 4.88 Å². The maximum Gasteiger partial charge on any atom is 0.260 e. The molecule has 1 aliphatic carbocycles. The smallest absolute Gasteiger partial charge is 0.260 e. The number of aromatic nitrogens is 1. The molecule has 134 valence electrons. The summed E-state index contributed by atoms with van der Waals surface area (Å²) in [6.07, 6.45) is 3.07. The van der Waals surface area contributed by atoms with Gasteiger partial charge in [-0.1, -0.05) is 30.3 Å². The van der Waals surface area contributed by atoms with Gasteiger partial charge in [-0.3, -0.25) is 4.79 Å². The Morgan fingerprint density at radius 1 is 1.00 bits per heavy atom. The van der Waals surface area contributed by atoms with Crippen molar-refractivity contribution >= 4 is 21.6 Å². The summed E-state index contributed by atoms with van der Waals surface area (Å²) >= 11 is 1.58. The van der Waals surface area contributed by atoms with Crippen LogP contribution in [-0.2, 0) is 12.8 Å². The van der Waals surface area contributed by atoms with Crippen molar-refractivity contribution in [2.24, 2.45) is 0 Å². The van der Waals surface area contributed by atoms with Crippen LogP contribution in [0.25, 0.3) is 21.3 Å². The summed E-state index contributed by atoms with van der Waals surface area (Å²) in [5, 5.41) is 11.8. The second-order valence-corrected chi connectivity index (χ2v) is 7.79. The minimum atomic E-state index is -0.281. The van der Waals surface area contributed by atoms with Gasteiger partial charge in [0.1, 0.15) is 22.1 Å². The van der Waals surface area contributed by atoms with Crippen molar-refractivity contribution in [1.82, 2.24) is 4.98 Å². The number of ether oxygens (including phenoxy) is 1. The quantitative estimate of drug-likeness (QED) is 0.514. The molecule has 2 N–H and O–H groups in total. The van der Waals surface area contributed by atoms with Crippen LogP contribution in [0, 0.1) is 0 Å². The van der Waals surface area contributed by atoms with E-state index in [4.69, 9.17) is 4.74 Å². The molecule has 0 saturated heterocycles. The molecule has 0 amide bonds. The number of aryl methyl sites for hydroxylation is 2. The maximum atomic E-state index is 12.7. The van der Waals surface area contributed by atoms with Crippen LogP contribution in [0.4, 0.5) is 0 Å². The molecule has 2 heterocycles. The Kier molecular flexibility index (Phi) is 3.76. The van der Waals surface area contributed by atoms with Gasteiger partial charge in [-0.25, -0.2) is 0 Å². The summed E-state index contributed by atoms with van der Waals surface area (Å²) in [4.78, 5) is 17.7. The highest BCUT2D eigenvalue weighted by molar-refractivity contribution is 7.19. The van der Waals surface area contributed by atoms with Crippen LogP contribution in [0.2, 0.25) is 0 Å². The lowest BCUT2D eigenvalue weighted by Gasteiger charge is -2.09. The molecule has 0 aliphatic heterocycles. The van der Waals surface area contributed by atoms with Gasteiger partial charge in [-0.2, -0.15) is 0 Å². The number of benzene rings is 2. The monoisotopic (exact) mass is 375 g/mol. The van der Waals surface area contributed by atoms with Crippen molar-refractivity contribution in [2.75, 3.05) is 0 Å². The van der Waals surface area contributed by atoms with E-state index in [0.29, 0.717) is 16.9 Å². The Morgan fingerprint density at radius 2 is 1.81 bits per heavy atom. The molecule has 0 atom stereocenters. The number of hydrogen-bond acceptors (Lipinski definition) is 4. The van der Waals surface area contributed by atoms with Crippen molar-refractivity contribution in [3.63, 3.8) is 0 Å². The van der Waals surface area contributed by atoms with Gasteiger partial charge in [-0.15, -0.1) is 11.3 Å². The van der Waals surface area contributed by atoms with Crippen molar-refractivity contribution in [3.8, 4) is 28.4 Å². The molecule has 0 radical (unpaired) electrons. The molecule has 0 bridgehead atoms. The van der Waals surface area contributed by atoms with E-state index in [9.17, 15) is 9.90 Å². The first-order valence-electron chi connectivity index (χ1n) is 8.93. The lowest BCUT2D eigenvalue weighted by molar-refractivity contribution is 0.480. The third-order valence-electron chi connectivity index (χ3n) is 4.95. The van der Waals surface area contributed by atoms with E-state index in [0.717, 1.165) is 35.2 Å². The first-order valence-corrected chi connectivity index (χ1v) is 9.75. The van der Waals surface area contributed by atoms with Gasteiger partial charge in [0.25, 0.3) is 5.56 Å². The fraction of sp³-hybridized carbons (Fsp3) is 0.136. The predicted octanol–water partition coefficient (Wildman–Crippen LogP) is 5.24. The summed E-state index contributed by atoms with van der Waals surface area (Å²) in [6, 6.07) is 16.7. The van der Waals surface area contributed by atoms with E-state index in [-0.39, 0.29) is 11.3 Å². The molecule has 0 fully saturated rings. The molecule has 4 aromatic rings. The third-order valence-corrected chi connectivity index (χ3v) is 6.16. The van der Waals surface area contributed by atoms with E-state index < -0.39 is 0 Å². The molecule has 4 nitrogen and oxygen atoms in total. The number of hydrogen-bond donors (Lipinski definition) is 2. The zero-order valence-electron chi connectivity index (χ0n) is 14.5. The molecule has 27 heavy (non-hydrogen) atoms. The highest BCUT2D eigenvalue weighted by atomic mass is 32.1. The normalized spacial score (nSPS) is 13.0. The van der Waals surface area contributed by atoms with Gasteiger partial charge in [-0.05, 0) is 54.7 Å². The SMILES string of the molecule is O=c1[nH]c2sc3c(c2c(O)c1-c1cccc(Oc2ccccc2)c1)CCC3. The van der Waals surface area contributed by atoms with E-state index in [2.05, 4.69) is 4.98 Å². The van der Waals surface area contributed by atoms with Crippen molar-refractivity contribution in [2.45, 2.75) is 19.3 Å². The van der Waals surface area contributed by atoms with Gasteiger partial charge < -0.3 is 14.8 Å². The number of rotatable bonds is 3. The van der Waals surface area contributed by atoms with E-state index >= 15 is 0 Å². The van der Waals surface area contributed by atoms with Crippen LogP contribution in [-0.4, -0.2) is 10.1 Å². The van der Waals surface area contributed by atoms with E-state index in [1.807, 2.05) is 48.5 Å². The van der Waals surface area contributed by atoms with Crippen molar-refractivity contribution in [3.05, 3.63) is 75.4 Å². The molecule has 0 saturated carbocycles. The number of pyridine rings is 1. The molecular weight excluding hydrogens is 358 g/mol. The average molecular weight is 375 g/mol. The average Bonchev–Trinajstić information content (AvgIpc) is 3.23. The third kappa shape index (κ3) is 2.71. The minimum absolute atomic E-state index is 0.0741. The minimum Gasteiger partial charge on any atom is -0.506 e. The first kappa shape index (κ1) is 16.1. The van der Waals surface area contributed by atoms with Gasteiger partial charge >= 0.3 is 0 Å². The van der Waals surface area contributed by atoms with Crippen molar-refractivity contribution < 1.29 is 9.84 Å². The zero-order valence-corrected chi connectivity index (χ0v) is 15.3. The number of thiophene rings is 1. The number of H-pyrrole nitrogens is 1. The van der Waals surface area contributed by atoms with Gasteiger partial charge in [0.15, 0.2) is 0 Å². The second-order valence-electron chi connectivity index (χ2n) is 6.68. The summed E-state index contributed by atoms with van der Waals surface area (Å²) in [6.45, 7) is 0. The highest BCUT2D eigenvalue weighted by Crippen LogP contribution is 2.43. The molecule has 5 rings (SSSR count). The molecule has 0 spiro atoms. The zero-order chi connectivity index (χ0) is 18.4. The van der Waals surface area contributed by atoms with E-state index in [1.54, 1.807) is 17.4 Å². The molecule has 0 unspecified atom stereocenters. The highest BCUT2D eigenvalue weighted by Gasteiger charge is 2.24. The van der Waals surface area contributed by atoms with Crippen LogP contribution >= 0.6 is 11.3 Å². The van der Waals surface area contributed by atoms with Gasteiger partial charge in [0.2, 0.25) is 0 Å². The summed E-state index contributed by atoms with van der Waals surface area (Å²) < 4.78 is 5.87. The number of nitrogens with one attached hydrogen (secondary N) is 1. The lowest BCUT2D eigenvalue weighted by atomic mass is 10.0. The number of aromatic hydroxyl groups is 1. The van der Waals surface area contributed by atoms with Crippen LogP contribution in [0.1, 0.15) is 16.9 Å². The lowest BCUT2D eigenvalue weighted by Crippen LogP contribution is -2.08. The van der Waals surface area contributed by atoms with Crippen LogP contribution in [0.15, 0.2) is 59.4 Å². The summed E-state index contributed by atoms with van der Waals surface area (Å²) in [5.41, 5.74) is 1.84. The van der Waals surface area contributed by atoms with Crippen molar-refractivity contribution in [1.29, 1.82) is 0 Å². The fourth-order valence-electron chi connectivity index (χ4n) is 3.75. The van der Waals surface area contributed by atoms with Crippen LogP contribution in [0.5, 0.6) is 17.2 Å². The largest absolute Gasteiger partial charge is 0.506 e. The second kappa shape index (κ2) is 6.28. The van der Waals surface area contributed by atoms with Gasteiger partial charge in [0.05, 0.1) is 10.9 Å². The van der Waals surface area contributed by atoms with Crippen LogP contribution in [0.3, 0.4) is 0 Å². The Morgan fingerprint density at radius 3 is 2.67 bits per heavy atom. The van der Waals surface area contributed by atoms with Crippen LogP contribution < -0.4 is 10.3 Å². The Labute approximate surface area is 159 Å². The molecular formula is C22H17NO3S. The van der Waals surface area contributed by atoms with E-state index in [1.165, 1.54) is 10.4 Å². The summed E-state index contributed by atoms with van der Waals surface area (Å²) in [5.74, 6) is 1.41. The first-order chi connectivity index (χ1) is 13.2. The molecule has 2 aromatic carbocycles. The maximum absolute atomic E-state index is 12.7. The fourth-order valence-corrected chi connectivity index (χ4v) is 5.03. The number of para-hydroxylation sites is 1. The number of fused-ring (bicyclic) bond motifs is 3. The topological polar surface area (TPSA) is 62.3 Å². The standard InChI is InChI=1S/C22H17NO3S/c24-20-18(21(25)23-22-19(20)16-10-5-11-17(16)27-22)13-6-4-9-15(12-13)26-14-7-2-1-3-8-14/h1-4,6-9,12H,5,10-11H2,(H2,23,24,25). The molecule has 5 heteroatoms. The Hall–Kier alpha value is -3.05.